The van der Waals surface area contributed by atoms with Crippen molar-refractivity contribution in [2.75, 3.05) is 13.1 Å². The minimum atomic E-state index is 0. The molecule has 136 valence electrons. The highest BCUT2D eigenvalue weighted by Crippen LogP contribution is 2.29. The van der Waals surface area contributed by atoms with Gasteiger partial charge in [0.15, 0.2) is 5.78 Å². The Labute approximate surface area is 155 Å². The first kappa shape index (κ1) is 18.4. The highest BCUT2D eigenvalue weighted by molar-refractivity contribution is 5.98. The highest BCUT2D eigenvalue weighted by Gasteiger charge is 2.37. The first-order valence-electron chi connectivity index (χ1n) is 9.39. The monoisotopic (exact) mass is 362 g/mol. The molecule has 0 spiro atoms. The molecule has 2 unspecified atom stereocenters. The van der Waals surface area contributed by atoms with E-state index in [4.69, 9.17) is 0 Å². The lowest BCUT2D eigenvalue weighted by Crippen LogP contribution is -2.42. The quantitative estimate of drug-likeness (QED) is 0.838. The third-order valence-electron chi connectivity index (χ3n) is 5.93. The molecule has 2 aliphatic heterocycles. The number of amides is 1. The Kier molecular flexibility index (Phi) is 5.80. The molecule has 25 heavy (non-hydrogen) atoms. The van der Waals surface area contributed by atoms with Crippen molar-refractivity contribution >= 4 is 24.1 Å². The fourth-order valence-electron chi connectivity index (χ4n) is 4.63. The van der Waals surface area contributed by atoms with E-state index in [1.54, 1.807) is 0 Å². The number of hydrogen-bond donors (Lipinski definition) is 1. The Hall–Kier alpha value is -1.39. The van der Waals surface area contributed by atoms with Gasteiger partial charge in [-0.15, -0.1) is 12.4 Å². The van der Waals surface area contributed by atoms with Crippen molar-refractivity contribution in [2.45, 2.75) is 63.5 Å². The summed E-state index contributed by atoms with van der Waals surface area (Å²) in [7, 11) is 0. The third-order valence-corrected chi connectivity index (χ3v) is 5.93. The second-order valence-electron chi connectivity index (χ2n) is 7.44. The van der Waals surface area contributed by atoms with Crippen molar-refractivity contribution in [1.82, 2.24) is 10.2 Å². The minimum absolute atomic E-state index is 0. The normalized spacial score (nSPS) is 24.4. The first-order valence-corrected chi connectivity index (χ1v) is 9.39. The number of nitrogens with zero attached hydrogens (tertiary/aromatic N) is 1. The lowest BCUT2D eigenvalue weighted by Gasteiger charge is -2.27. The van der Waals surface area contributed by atoms with Gasteiger partial charge in [0.1, 0.15) is 0 Å². The largest absolute Gasteiger partial charge is 0.335 e. The summed E-state index contributed by atoms with van der Waals surface area (Å²) >= 11 is 0. The van der Waals surface area contributed by atoms with Crippen molar-refractivity contribution in [3.63, 3.8) is 0 Å². The van der Waals surface area contributed by atoms with E-state index >= 15 is 0 Å². The molecule has 3 aliphatic rings. The van der Waals surface area contributed by atoms with Crippen LogP contribution >= 0.6 is 12.4 Å². The summed E-state index contributed by atoms with van der Waals surface area (Å²) in [6.45, 7) is 1.90. The van der Waals surface area contributed by atoms with Crippen molar-refractivity contribution < 1.29 is 9.59 Å². The number of aryl methyl sites for hydroxylation is 2. The van der Waals surface area contributed by atoms with E-state index < -0.39 is 0 Å². The van der Waals surface area contributed by atoms with E-state index in [0.717, 1.165) is 50.8 Å². The molecule has 2 fully saturated rings. The van der Waals surface area contributed by atoms with E-state index in [2.05, 4.69) is 22.3 Å². The van der Waals surface area contributed by atoms with Crippen LogP contribution in [0, 0.1) is 0 Å². The molecule has 4 rings (SSSR count). The minimum Gasteiger partial charge on any atom is -0.335 e. The SMILES string of the molecule is Cl.O=C(CCC(=O)N1C2CCNCC1CC2)c1ccc2c(c1)CCC2. The summed E-state index contributed by atoms with van der Waals surface area (Å²) in [5, 5.41) is 3.42. The molecule has 2 saturated heterocycles. The molecular weight excluding hydrogens is 336 g/mol. The Morgan fingerprint density at radius 3 is 2.72 bits per heavy atom. The maximum Gasteiger partial charge on any atom is 0.223 e. The summed E-state index contributed by atoms with van der Waals surface area (Å²) in [6.07, 6.45) is 7.36. The van der Waals surface area contributed by atoms with Gasteiger partial charge in [0, 0.05) is 37.0 Å². The summed E-state index contributed by atoms with van der Waals surface area (Å²) < 4.78 is 0. The number of ketones is 1. The highest BCUT2D eigenvalue weighted by atomic mass is 35.5. The molecule has 2 bridgehead atoms. The molecule has 1 amide bonds. The number of carbonyl (C=O) groups is 2. The van der Waals surface area contributed by atoms with Gasteiger partial charge in [-0.25, -0.2) is 0 Å². The van der Waals surface area contributed by atoms with Crippen LogP contribution in [-0.4, -0.2) is 41.8 Å². The predicted molar refractivity (Wildman–Crippen MR) is 100 cm³/mol. The molecule has 1 aliphatic carbocycles. The number of nitrogens with one attached hydrogen (secondary N) is 1. The van der Waals surface area contributed by atoms with Crippen molar-refractivity contribution in [2.24, 2.45) is 0 Å². The lowest BCUT2D eigenvalue weighted by atomic mass is 10.0. The predicted octanol–water partition coefficient (Wildman–Crippen LogP) is 2.91. The van der Waals surface area contributed by atoms with Crippen LogP contribution in [0.4, 0.5) is 0 Å². The fourth-order valence-corrected chi connectivity index (χ4v) is 4.63. The maximum atomic E-state index is 12.7. The molecular formula is C20H27ClN2O2. The zero-order valence-electron chi connectivity index (χ0n) is 14.6. The summed E-state index contributed by atoms with van der Waals surface area (Å²) in [5.74, 6) is 0.277. The average molecular weight is 363 g/mol. The Bertz CT molecular complexity index is 647. The van der Waals surface area contributed by atoms with Crippen molar-refractivity contribution in [3.8, 4) is 0 Å². The van der Waals surface area contributed by atoms with Crippen molar-refractivity contribution in [3.05, 3.63) is 34.9 Å². The molecule has 1 aromatic rings. The van der Waals surface area contributed by atoms with Crippen LogP contribution in [0.15, 0.2) is 18.2 Å². The number of fused-ring (bicyclic) bond motifs is 3. The van der Waals surface area contributed by atoms with Gasteiger partial charge < -0.3 is 10.2 Å². The van der Waals surface area contributed by atoms with Crippen LogP contribution in [0.1, 0.15) is 60.0 Å². The van der Waals surface area contributed by atoms with E-state index in [1.165, 1.54) is 17.5 Å². The van der Waals surface area contributed by atoms with Gasteiger partial charge in [-0.1, -0.05) is 12.1 Å². The van der Waals surface area contributed by atoms with Crippen LogP contribution in [0.5, 0.6) is 0 Å². The van der Waals surface area contributed by atoms with E-state index in [0.29, 0.717) is 24.9 Å². The summed E-state index contributed by atoms with van der Waals surface area (Å²) in [6, 6.07) is 6.80. The molecule has 2 atom stereocenters. The Balaban J connectivity index is 0.00000182. The maximum absolute atomic E-state index is 12.7. The summed E-state index contributed by atoms with van der Waals surface area (Å²) in [4.78, 5) is 27.3. The molecule has 0 radical (unpaired) electrons. The zero-order chi connectivity index (χ0) is 16.5. The molecule has 1 aromatic carbocycles. The van der Waals surface area contributed by atoms with Crippen LogP contribution < -0.4 is 5.32 Å². The number of halogens is 1. The van der Waals surface area contributed by atoms with Gasteiger partial charge in [-0.05, 0) is 62.3 Å². The number of Topliss-reactive ketones (excluding diaryl/α,β-unsaturated/α-hetero) is 1. The van der Waals surface area contributed by atoms with Crippen molar-refractivity contribution in [1.29, 1.82) is 0 Å². The zero-order valence-corrected chi connectivity index (χ0v) is 15.4. The molecule has 0 aromatic heterocycles. The Morgan fingerprint density at radius 2 is 1.84 bits per heavy atom. The molecule has 2 heterocycles. The molecule has 5 heteroatoms. The average Bonchev–Trinajstić information content (AvgIpc) is 3.14. The van der Waals surface area contributed by atoms with Gasteiger partial charge in [-0.2, -0.15) is 0 Å². The molecule has 1 N–H and O–H groups in total. The van der Waals surface area contributed by atoms with Gasteiger partial charge >= 0.3 is 0 Å². The number of benzene rings is 1. The Morgan fingerprint density at radius 1 is 1.04 bits per heavy atom. The number of hydrogen-bond acceptors (Lipinski definition) is 3. The van der Waals surface area contributed by atoms with Gasteiger partial charge in [-0.3, -0.25) is 9.59 Å². The van der Waals surface area contributed by atoms with E-state index in [-0.39, 0.29) is 24.1 Å². The van der Waals surface area contributed by atoms with Crippen LogP contribution in [0.3, 0.4) is 0 Å². The number of carbonyl (C=O) groups excluding carboxylic acids is 2. The smallest absolute Gasteiger partial charge is 0.223 e. The topological polar surface area (TPSA) is 49.4 Å². The van der Waals surface area contributed by atoms with Crippen LogP contribution in [-0.2, 0) is 17.6 Å². The van der Waals surface area contributed by atoms with Crippen LogP contribution in [0.2, 0.25) is 0 Å². The van der Waals surface area contributed by atoms with Gasteiger partial charge in [0.2, 0.25) is 5.91 Å². The van der Waals surface area contributed by atoms with E-state index in [1.807, 2.05) is 6.07 Å². The van der Waals surface area contributed by atoms with Gasteiger partial charge in [0.25, 0.3) is 0 Å². The van der Waals surface area contributed by atoms with E-state index in [9.17, 15) is 9.59 Å². The van der Waals surface area contributed by atoms with Gasteiger partial charge in [0.05, 0.1) is 0 Å². The summed E-state index contributed by atoms with van der Waals surface area (Å²) in [5.41, 5.74) is 3.49. The number of rotatable bonds is 4. The molecule has 0 saturated carbocycles. The second-order valence-corrected chi connectivity index (χ2v) is 7.44. The fraction of sp³-hybridized carbons (Fsp3) is 0.600. The third kappa shape index (κ3) is 3.75. The first-order chi connectivity index (χ1) is 11.7. The molecule has 4 nitrogen and oxygen atoms in total. The standard InChI is InChI=1S/C20H26N2O2.ClH/c23-19(16-5-4-14-2-1-3-15(14)12-16)8-9-20(24)22-17-6-7-18(22)13-21-11-10-17;/h4-5,12,17-18,21H,1-3,6-11,13H2;1H. The van der Waals surface area contributed by atoms with Crippen LogP contribution in [0.25, 0.3) is 0 Å². The second kappa shape index (κ2) is 7.88. The lowest BCUT2D eigenvalue weighted by molar-refractivity contribution is -0.133.